The summed E-state index contributed by atoms with van der Waals surface area (Å²) >= 11 is 14.4. The Bertz CT molecular complexity index is 1240. The van der Waals surface area contributed by atoms with Gasteiger partial charge in [-0.05, 0) is 74.5 Å². The highest BCUT2D eigenvalue weighted by Gasteiger charge is 2.37. The van der Waals surface area contributed by atoms with E-state index in [1.807, 2.05) is 24.3 Å². The van der Waals surface area contributed by atoms with Crippen LogP contribution in [0.25, 0.3) is 10.9 Å². The van der Waals surface area contributed by atoms with Crippen LogP contribution in [0.4, 0.5) is 4.39 Å². The van der Waals surface area contributed by atoms with E-state index >= 15 is 4.39 Å². The molecule has 1 fully saturated rings. The number of halogens is 3. The lowest BCUT2D eigenvalue weighted by Gasteiger charge is -2.41. The van der Waals surface area contributed by atoms with Gasteiger partial charge >= 0.3 is 5.97 Å². The van der Waals surface area contributed by atoms with Gasteiger partial charge in [0.25, 0.3) is 0 Å². The van der Waals surface area contributed by atoms with E-state index in [0.29, 0.717) is 28.6 Å². The second-order valence-electron chi connectivity index (χ2n) is 9.60. The van der Waals surface area contributed by atoms with Crippen LogP contribution in [-0.4, -0.2) is 53.5 Å². The van der Waals surface area contributed by atoms with E-state index in [9.17, 15) is 9.90 Å². The topological polar surface area (TPSA) is 62.7 Å². The van der Waals surface area contributed by atoms with Gasteiger partial charge in [0.2, 0.25) is 0 Å². The molecule has 1 N–H and O–H groups in total. The number of aliphatic carboxylic acids is 1. The van der Waals surface area contributed by atoms with Crippen molar-refractivity contribution < 1.29 is 19.0 Å². The first kappa shape index (κ1) is 28.0. The van der Waals surface area contributed by atoms with Gasteiger partial charge in [0.05, 0.1) is 29.1 Å². The van der Waals surface area contributed by atoms with Gasteiger partial charge in [-0.15, -0.1) is 11.8 Å². The van der Waals surface area contributed by atoms with Gasteiger partial charge in [-0.25, -0.2) is 4.39 Å². The third kappa shape index (κ3) is 7.08. The molecule has 0 saturated carbocycles. The Balaban J connectivity index is 1.39. The predicted molar refractivity (Wildman–Crippen MR) is 149 cm³/mol. The summed E-state index contributed by atoms with van der Waals surface area (Å²) in [6.45, 7) is 2.48. The molecule has 0 aliphatic carbocycles. The summed E-state index contributed by atoms with van der Waals surface area (Å²) in [5.74, 6) is 0.668. The summed E-state index contributed by atoms with van der Waals surface area (Å²) in [5.41, 5.74) is 0.603. The van der Waals surface area contributed by atoms with Crippen LogP contribution in [0, 0.1) is 5.41 Å². The maximum absolute atomic E-state index is 15.7. The van der Waals surface area contributed by atoms with E-state index < -0.39 is 17.6 Å². The molecule has 0 unspecified atom stereocenters. The van der Waals surface area contributed by atoms with Crippen LogP contribution in [0.3, 0.4) is 0 Å². The van der Waals surface area contributed by atoms with E-state index in [1.54, 1.807) is 37.1 Å². The molecule has 1 saturated heterocycles. The minimum Gasteiger partial charge on any atom is -0.497 e. The molecule has 1 aromatic heterocycles. The molecule has 2 heterocycles. The number of carbonyl (C=O) groups is 1. The third-order valence-electron chi connectivity index (χ3n) is 7.25. The number of alkyl halides is 1. The van der Waals surface area contributed by atoms with Crippen molar-refractivity contribution in [2.75, 3.05) is 32.5 Å². The fourth-order valence-corrected chi connectivity index (χ4v) is 6.64. The molecular formula is C28H31Cl2FN2O3S. The molecule has 3 aromatic rings. The quantitative estimate of drug-likeness (QED) is 0.241. The molecule has 1 atom stereocenters. The first-order valence-electron chi connectivity index (χ1n) is 12.4. The van der Waals surface area contributed by atoms with Crippen molar-refractivity contribution in [1.29, 1.82) is 0 Å². The number of likely N-dealkylation sites (tertiary alicyclic amines) is 1. The number of hydrogen-bond donors (Lipinski definition) is 1. The number of carboxylic acids is 1. The van der Waals surface area contributed by atoms with Crippen LogP contribution >= 0.6 is 35.0 Å². The number of fused-ring (bicyclic) bond motifs is 1. The number of pyridine rings is 1. The van der Waals surface area contributed by atoms with E-state index in [0.717, 1.165) is 48.1 Å². The van der Waals surface area contributed by atoms with E-state index in [4.69, 9.17) is 27.9 Å². The Morgan fingerprint density at radius 1 is 1.22 bits per heavy atom. The number of methoxy groups -OCH3 is 1. The van der Waals surface area contributed by atoms with Crippen molar-refractivity contribution in [2.45, 2.75) is 43.2 Å². The molecule has 0 bridgehead atoms. The number of nitrogens with zero attached hydrogens (tertiary/aromatic N) is 2. The standard InChI is InChI=1S/C28H31Cl2FN2O3S/c1-36-19-6-7-24-20(16-19)27(22(30)18-32-24)23(31)8-9-28(17-26(34)35)10-12-33(13-11-28)14-15-37-25-5-3-2-4-21(25)29/h2-7,16,18,23H,8-15,17H2,1H3,(H,34,35)/t23-/m0/s1. The number of ether oxygens (including phenoxy) is 1. The lowest BCUT2D eigenvalue weighted by Crippen LogP contribution is -2.42. The SMILES string of the molecule is COc1ccc2ncc(Cl)c([C@@H](F)CCC3(CC(=O)O)CCN(CCSc4ccccc4Cl)CC3)c2c1. The molecule has 0 amide bonds. The van der Waals surface area contributed by atoms with Gasteiger partial charge in [-0.1, -0.05) is 35.3 Å². The third-order valence-corrected chi connectivity index (χ3v) is 9.05. The molecule has 37 heavy (non-hydrogen) atoms. The van der Waals surface area contributed by atoms with E-state index in [-0.39, 0.29) is 17.9 Å². The lowest BCUT2D eigenvalue weighted by molar-refractivity contribution is -0.141. The highest BCUT2D eigenvalue weighted by molar-refractivity contribution is 7.99. The zero-order valence-electron chi connectivity index (χ0n) is 20.8. The molecular weight excluding hydrogens is 534 g/mol. The smallest absolute Gasteiger partial charge is 0.303 e. The van der Waals surface area contributed by atoms with E-state index in [1.165, 1.54) is 6.20 Å². The van der Waals surface area contributed by atoms with Crippen LogP contribution in [0.1, 0.15) is 43.8 Å². The normalized spacial score (nSPS) is 16.5. The van der Waals surface area contributed by atoms with Crippen molar-refractivity contribution in [3.8, 4) is 5.75 Å². The van der Waals surface area contributed by atoms with Crippen LogP contribution < -0.4 is 4.74 Å². The molecule has 1 aliphatic rings. The van der Waals surface area contributed by atoms with Crippen LogP contribution in [0.2, 0.25) is 10.0 Å². The molecule has 2 aromatic carbocycles. The molecule has 4 rings (SSSR count). The zero-order valence-corrected chi connectivity index (χ0v) is 23.1. The minimum atomic E-state index is -1.33. The number of rotatable bonds is 11. The van der Waals surface area contributed by atoms with Gasteiger partial charge in [0.1, 0.15) is 11.9 Å². The molecule has 5 nitrogen and oxygen atoms in total. The van der Waals surface area contributed by atoms with E-state index in [2.05, 4.69) is 9.88 Å². The van der Waals surface area contributed by atoms with Crippen LogP contribution in [0.5, 0.6) is 5.75 Å². The second-order valence-corrected chi connectivity index (χ2v) is 11.6. The summed E-state index contributed by atoms with van der Waals surface area (Å²) in [5, 5.41) is 11.3. The number of thioether (sulfide) groups is 1. The largest absolute Gasteiger partial charge is 0.497 e. The first-order chi connectivity index (χ1) is 17.8. The van der Waals surface area contributed by atoms with Crippen molar-refractivity contribution in [3.05, 3.63) is 64.3 Å². The lowest BCUT2D eigenvalue weighted by atomic mass is 9.71. The maximum atomic E-state index is 15.7. The van der Waals surface area contributed by atoms with Gasteiger partial charge in [0, 0.05) is 34.3 Å². The fraction of sp³-hybridized carbons (Fsp3) is 0.429. The average molecular weight is 566 g/mol. The first-order valence-corrected chi connectivity index (χ1v) is 14.1. The van der Waals surface area contributed by atoms with Crippen LogP contribution in [-0.2, 0) is 4.79 Å². The maximum Gasteiger partial charge on any atom is 0.303 e. The number of hydrogen-bond acceptors (Lipinski definition) is 5. The van der Waals surface area contributed by atoms with Crippen molar-refractivity contribution in [1.82, 2.24) is 9.88 Å². The minimum absolute atomic E-state index is 0.0422. The molecule has 9 heteroatoms. The fourth-order valence-electron chi connectivity index (χ4n) is 5.12. The summed E-state index contributed by atoms with van der Waals surface area (Å²) in [7, 11) is 1.56. The Kier molecular flexibility index (Phi) is 9.57. The van der Waals surface area contributed by atoms with Gasteiger partial charge in [0.15, 0.2) is 0 Å². The molecule has 1 aliphatic heterocycles. The summed E-state index contributed by atoms with van der Waals surface area (Å²) in [4.78, 5) is 19.5. The number of piperidine rings is 1. The average Bonchev–Trinajstić information content (AvgIpc) is 2.89. The van der Waals surface area contributed by atoms with Crippen molar-refractivity contribution >= 4 is 51.8 Å². The summed E-state index contributed by atoms with van der Waals surface area (Å²) in [6.07, 6.45) is 2.31. The number of carboxylic acid groups (broad SMARTS) is 1. The Hall–Kier alpha value is -2.06. The zero-order chi connectivity index (χ0) is 26.4. The highest BCUT2D eigenvalue weighted by Crippen LogP contribution is 2.44. The Labute approximate surface area is 231 Å². The molecule has 0 radical (unpaired) electrons. The molecule has 0 spiro atoms. The Morgan fingerprint density at radius 2 is 1.97 bits per heavy atom. The van der Waals surface area contributed by atoms with Gasteiger partial charge in [-0.2, -0.15) is 0 Å². The number of benzene rings is 2. The van der Waals surface area contributed by atoms with Gasteiger partial charge < -0.3 is 14.7 Å². The summed E-state index contributed by atoms with van der Waals surface area (Å²) in [6, 6.07) is 13.1. The Morgan fingerprint density at radius 3 is 2.68 bits per heavy atom. The van der Waals surface area contributed by atoms with Crippen molar-refractivity contribution in [2.24, 2.45) is 5.41 Å². The molecule has 198 valence electrons. The van der Waals surface area contributed by atoms with Crippen molar-refractivity contribution in [3.63, 3.8) is 0 Å². The second kappa shape index (κ2) is 12.7. The van der Waals surface area contributed by atoms with Crippen LogP contribution in [0.15, 0.2) is 53.6 Å². The van der Waals surface area contributed by atoms with Gasteiger partial charge in [-0.3, -0.25) is 9.78 Å². The number of aromatic nitrogens is 1. The predicted octanol–water partition coefficient (Wildman–Crippen LogP) is 7.69. The highest BCUT2D eigenvalue weighted by atomic mass is 35.5. The summed E-state index contributed by atoms with van der Waals surface area (Å²) < 4.78 is 21.0. The monoisotopic (exact) mass is 564 g/mol.